The summed E-state index contributed by atoms with van der Waals surface area (Å²) in [6.45, 7) is 0.911. The molecule has 3 amide bonds. The number of ether oxygens (including phenoxy) is 3. The third-order valence-corrected chi connectivity index (χ3v) is 4.82. The number of amides is 3. The Morgan fingerprint density at radius 2 is 1.76 bits per heavy atom. The van der Waals surface area contributed by atoms with Crippen molar-refractivity contribution in [1.29, 1.82) is 0 Å². The fourth-order valence-corrected chi connectivity index (χ4v) is 3.24. The molecule has 1 heterocycles. The first kappa shape index (κ1) is 20.3. The van der Waals surface area contributed by atoms with E-state index < -0.39 is 6.03 Å². The number of rotatable bonds is 6. The molecule has 0 radical (unpaired) electrons. The highest BCUT2D eigenvalue weighted by Crippen LogP contribution is 2.35. The third kappa shape index (κ3) is 5.10. The van der Waals surface area contributed by atoms with E-state index in [1.807, 2.05) is 0 Å². The van der Waals surface area contributed by atoms with Crippen LogP contribution in [0, 0.1) is 5.92 Å². The second kappa shape index (κ2) is 9.18. The van der Waals surface area contributed by atoms with Gasteiger partial charge in [0.05, 0.1) is 20.1 Å². The van der Waals surface area contributed by atoms with E-state index in [0.717, 1.165) is 12.2 Å². The van der Waals surface area contributed by atoms with E-state index in [4.69, 9.17) is 19.9 Å². The molecular formula is C21H25N3O5. The molecule has 0 unspecified atom stereocenters. The number of hydrogen-bond donors (Lipinski definition) is 2. The zero-order chi connectivity index (χ0) is 20.8. The van der Waals surface area contributed by atoms with E-state index in [9.17, 15) is 9.59 Å². The fraction of sp³-hybridized carbons (Fsp3) is 0.333. The van der Waals surface area contributed by atoms with Gasteiger partial charge in [0.25, 0.3) is 0 Å². The molecule has 0 spiro atoms. The van der Waals surface area contributed by atoms with Gasteiger partial charge in [0.15, 0.2) is 11.5 Å². The average Bonchev–Trinajstić information content (AvgIpc) is 2.74. The third-order valence-electron chi connectivity index (χ3n) is 4.82. The number of benzene rings is 2. The Bertz CT molecular complexity index is 869. The molecule has 8 heteroatoms. The monoisotopic (exact) mass is 399 g/mol. The van der Waals surface area contributed by atoms with Crippen LogP contribution in [0.25, 0.3) is 0 Å². The van der Waals surface area contributed by atoms with Gasteiger partial charge in [0.1, 0.15) is 11.5 Å². The number of nitrogens with one attached hydrogen (secondary N) is 1. The average molecular weight is 399 g/mol. The lowest BCUT2D eigenvalue weighted by Crippen LogP contribution is -2.46. The molecule has 3 rings (SSSR count). The summed E-state index contributed by atoms with van der Waals surface area (Å²) in [7, 11) is 3.15. The lowest BCUT2D eigenvalue weighted by atomic mass is 9.97. The minimum atomic E-state index is -0.498. The molecule has 0 aliphatic carbocycles. The molecule has 29 heavy (non-hydrogen) atoms. The minimum Gasteiger partial charge on any atom is -0.497 e. The molecule has 1 aliphatic rings. The van der Waals surface area contributed by atoms with Crippen LogP contribution in [0.1, 0.15) is 12.8 Å². The van der Waals surface area contributed by atoms with Gasteiger partial charge in [-0.2, -0.15) is 0 Å². The fourth-order valence-electron chi connectivity index (χ4n) is 3.24. The molecule has 0 aromatic heterocycles. The predicted molar refractivity (Wildman–Crippen MR) is 109 cm³/mol. The van der Waals surface area contributed by atoms with Crippen molar-refractivity contribution in [2.75, 3.05) is 32.6 Å². The molecule has 2 aromatic carbocycles. The quantitative estimate of drug-likeness (QED) is 0.776. The summed E-state index contributed by atoms with van der Waals surface area (Å²) in [5, 5.41) is 2.89. The largest absolute Gasteiger partial charge is 0.497 e. The Hall–Kier alpha value is -3.42. The Morgan fingerprint density at radius 3 is 2.41 bits per heavy atom. The van der Waals surface area contributed by atoms with Crippen LogP contribution in [0.15, 0.2) is 42.5 Å². The molecule has 1 fully saturated rings. The first-order valence-electron chi connectivity index (χ1n) is 9.35. The lowest BCUT2D eigenvalue weighted by Gasteiger charge is -2.30. The van der Waals surface area contributed by atoms with Gasteiger partial charge < -0.3 is 30.2 Å². The van der Waals surface area contributed by atoms with Crippen molar-refractivity contribution in [2.24, 2.45) is 11.7 Å². The first-order chi connectivity index (χ1) is 14.0. The number of hydrogen-bond acceptors (Lipinski definition) is 5. The highest BCUT2D eigenvalue weighted by atomic mass is 16.5. The van der Waals surface area contributed by atoms with Gasteiger partial charge in [-0.15, -0.1) is 0 Å². The molecule has 0 bridgehead atoms. The van der Waals surface area contributed by atoms with Crippen LogP contribution in [0.2, 0.25) is 0 Å². The van der Waals surface area contributed by atoms with E-state index in [1.54, 1.807) is 56.7 Å². The second-order valence-electron chi connectivity index (χ2n) is 6.76. The molecule has 1 saturated heterocycles. The van der Waals surface area contributed by atoms with E-state index in [2.05, 4.69) is 5.32 Å². The number of anilines is 1. The zero-order valence-electron chi connectivity index (χ0n) is 16.5. The van der Waals surface area contributed by atoms with Crippen LogP contribution in [-0.2, 0) is 4.79 Å². The Morgan fingerprint density at radius 1 is 1.03 bits per heavy atom. The summed E-state index contributed by atoms with van der Waals surface area (Å²) in [6, 6.07) is 11.8. The van der Waals surface area contributed by atoms with Gasteiger partial charge in [-0.1, -0.05) is 0 Å². The van der Waals surface area contributed by atoms with Crippen LogP contribution in [0.3, 0.4) is 0 Å². The van der Waals surface area contributed by atoms with Gasteiger partial charge in [-0.05, 0) is 49.2 Å². The first-order valence-corrected chi connectivity index (χ1v) is 9.35. The highest BCUT2D eigenvalue weighted by Gasteiger charge is 2.27. The van der Waals surface area contributed by atoms with Crippen molar-refractivity contribution in [3.05, 3.63) is 42.5 Å². The van der Waals surface area contributed by atoms with E-state index in [1.165, 1.54) is 4.90 Å². The van der Waals surface area contributed by atoms with Gasteiger partial charge in [-0.3, -0.25) is 4.79 Å². The van der Waals surface area contributed by atoms with Crippen molar-refractivity contribution < 1.29 is 23.8 Å². The molecule has 1 atom stereocenters. The smallest absolute Gasteiger partial charge is 0.314 e. The normalized spacial score (nSPS) is 16.1. The Balaban J connectivity index is 1.72. The number of methoxy groups -OCH3 is 2. The van der Waals surface area contributed by atoms with Crippen molar-refractivity contribution in [3.63, 3.8) is 0 Å². The maximum Gasteiger partial charge on any atom is 0.314 e. The van der Waals surface area contributed by atoms with E-state index in [-0.39, 0.29) is 11.8 Å². The summed E-state index contributed by atoms with van der Waals surface area (Å²) >= 11 is 0. The predicted octanol–water partition coefficient (Wildman–Crippen LogP) is 3.23. The van der Waals surface area contributed by atoms with Crippen LogP contribution >= 0.6 is 0 Å². The number of piperidine rings is 1. The SMILES string of the molecule is COc1ccc(Oc2cc(NC(=O)[C@@H]3CCCN(C(N)=O)C3)ccc2OC)cc1. The van der Waals surface area contributed by atoms with Crippen molar-refractivity contribution in [3.8, 4) is 23.0 Å². The van der Waals surface area contributed by atoms with Crippen LogP contribution < -0.4 is 25.3 Å². The number of nitrogens with zero attached hydrogens (tertiary/aromatic N) is 1. The summed E-state index contributed by atoms with van der Waals surface area (Å²) in [5.74, 6) is 1.88. The molecule has 1 aliphatic heterocycles. The molecule has 3 N–H and O–H groups in total. The van der Waals surface area contributed by atoms with Crippen LogP contribution in [-0.4, -0.2) is 44.1 Å². The number of urea groups is 1. The molecule has 2 aromatic rings. The van der Waals surface area contributed by atoms with Gasteiger partial charge >= 0.3 is 6.03 Å². The maximum absolute atomic E-state index is 12.7. The molecule has 0 saturated carbocycles. The number of likely N-dealkylation sites (tertiary alicyclic amines) is 1. The second-order valence-corrected chi connectivity index (χ2v) is 6.76. The molecular weight excluding hydrogens is 374 g/mol. The van der Waals surface area contributed by atoms with Crippen molar-refractivity contribution in [1.82, 2.24) is 4.90 Å². The topological polar surface area (TPSA) is 103 Å². The molecule has 8 nitrogen and oxygen atoms in total. The number of carbonyl (C=O) groups excluding carboxylic acids is 2. The summed E-state index contributed by atoms with van der Waals surface area (Å²) in [4.78, 5) is 25.5. The number of nitrogens with two attached hydrogens (primary N) is 1. The van der Waals surface area contributed by atoms with Gasteiger partial charge in [0.2, 0.25) is 5.91 Å². The molecule has 154 valence electrons. The van der Waals surface area contributed by atoms with E-state index >= 15 is 0 Å². The zero-order valence-corrected chi connectivity index (χ0v) is 16.5. The van der Waals surface area contributed by atoms with Crippen molar-refractivity contribution >= 4 is 17.6 Å². The standard InChI is InChI=1S/C21H25N3O5/c1-27-16-6-8-17(9-7-16)29-19-12-15(5-10-18(19)28-2)23-20(25)14-4-3-11-24(13-14)21(22)26/h5-10,12,14H,3-4,11,13H2,1-2H3,(H2,22,26)(H,23,25)/t14-/m1/s1. The van der Waals surface area contributed by atoms with Gasteiger partial charge in [-0.25, -0.2) is 4.79 Å². The van der Waals surface area contributed by atoms with Gasteiger partial charge in [0, 0.05) is 24.8 Å². The van der Waals surface area contributed by atoms with Crippen LogP contribution in [0.4, 0.5) is 10.5 Å². The van der Waals surface area contributed by atoms with E-state index in [0.29, 0.717) is 42.4 Å². The maximum atomic E-state index is 12.7. The Kier molecular flexibility index (Phi) is 6.43. The Labute approximate surface area is 169 Å². The van der Waals surface area contributed by atoms with Crippen LogP contribution in [0.5, 0.6) is 23.0 Å². The highest BCUT2D eigenvalue weighted by molar-refractivity contribution is 5.93. The summed E-state index contributed by atoms with van der Waals surface area (Å²) in [5.41, 5.74) is 5.92. The lowest BCUT2D eigenvalue weighted by molar-refractivity contribution is -0.121. The number of primary amides is 1. The summed E-state index contributed by atoms with van der Waals surface area (Å²) < 4.78 is 16.4. The summed E-state index contributed by atoms with van der Waals surface area (Å²) in [6.07, 6.45) is 1.45. The number of carbonyl (C=O) groups is 2. The van der Waals surface area contributed by atoms with Crippen molar-refractivity contribution in [2.45, 2.75) is 12.8 Å². The minimum absolute atomic E-state index is 0.156.